The molecule has 0 bridgehead atoms. The zero-order chi connectivity index (χ0) is 30.7. The molecule has 4 aromatic rings. The maximum Gasteiger partial charge on any atom is 0.412 e. The predicted molar refractivity (Wildman–Crippen MR) is 171 cm³/mol. The van der Waals surface area contributed by atoms with E-state index in [4.69, 9.17) is 9.47 Å². The molecule has 3 N–H and O–H groups in total. The van der Waals surface area contributed by atoms with Gasteiger partial charge >= 0.3 is 12.2 Å². The fraction of sp³-hybridized carbons (Fsp3) is 0.400. The third kappa shape index (κ3) is 7.78. The Balaban J connectivity index is 1.93. The highest BCUT2D eigenvalue weighted by Gasteiger charge is 2.25. The third-order valence-corrected chi connectivity index (χ3v) is 6.82. The van der Waals surface area contributed by atoms with E-state index in [1.54, 1.807) is 0 Å². The van der Waals surface area contributed by atoms with Crippen molar-refractivity contribution in [2.24, 2.45) is 5.92 Å². The van der Waals surface area contributed by atoms with Gasteiger partial charge in [-0.25, -0.2) is 14.6 Å². The average molecular weight is 571 g/mol. The van der Waals surface area contributed by atoms with Gasteiger partial charge in [0.15, 0.2) is 0 Å². The van der Waals surface area contributed by atoms with Crippen LogP contribution in [0.1, 0.15) is 73.8 Å². The SMILES string of the molecule is CCCC(C)Cc1c(NC(=O)OC(C)(C)C)ccc2c1[nH+]c(-c1ccccc1)c1cc(NC(=O)OC(C)(C)C)ccc12. The topological polar surface area (TPSA) is 90.8 Å². The molecule has 0 saturated carbocycles. The second kappa shape index (κ2) is 12.4. The molecule has 1 unspecified atom stereocenters. The highest BCUT2D eigenvalue weighted by molar-refractivity contribution is 6.11. The van der Waals surface area contributed by atoms with Crippen LogP contribution >= 0.6 is 0 Å². The van der Waals surface area contributed by atoms with E-state index in [1.165, 1.54) is 0 Å². The number of ether oxygens (including phenoxy) is 2. The van der Waals surface area contributed by atoms with E-state index in [1.807, 2.05) is 90.1 Å². The summed E-state index contributed by atoms with van der Waals surface area (Å²) in [7, 11) is 0. The zero-order valence-electron chi connectivity index (χ0n) is 26.1. The van der Waals surface area contributed by atoms with Gasteiger partial charge in [-0.3, -0.25) is 10.6 Å². The molecule has 0 aliphatic heterocycles. The van der Waals surface area contributed by atoms with Gasteiger partial charge in [0.2, 0.25) is 11.2 Å². The standard InChI is InChI=1S/C35H43N3O4/c1-9-13-22(2)20-28-29(37-33(40)42-35(6,7)8)19-18-26-25-17-16-24(36-32(39)41-34(3,4)5)21-27(25)30(38-31(26)28)23-14-11-10-12-15-23/h10-12,14-19,21-22H,9,13,20H2,1-8H3,(H,36,39)(H,37,40)/p+1. The lowest BCUT2D eigenvalue weighted by atomic mass is 9.91. The van der Waals surface area contributed by atoms with Crippen LogP contribution in [0.5, 0.6) is 0 Å². The molecule has 1 heterocycles. The number of hydrogen-bond acceptors (Lipinski definition) is 4. The fourth-order valence-electron chi connectivity index (χ4n) is 5.21. The Bertz CT molecular complexity index is 1580. The minimum absolute atomic E-state index is 0.407. The highest BCUT2D eigenvalue weighted by atomic mass is 16.6. The van der Waals surface area contributed by atoms with Crippen molar-refractivity contribution in [3.8, 4) is 11.3 Å². The van der Waals surface area contributed by atoms with Gasteiger partial charge in [0, 0.05) is 22.2 Å². The predicted octanol–water partition coefficient (Wildman–Crippen LogP) is 9.15. The number of rotatable bonds is 7. The zero-order valence-corrected chi connectivity index (χ0v) is 26.1. The molecule has 0 aliphatic rings. The molecule has 0 aliphatic carbocycles. The van der Waals surface area contributed by atoms with Crippen LogP contribution < -0.4 is 15.6 Å². The Hall–Kier alpha value is -4.13. The van der Waals surface area contributed by atoms with E-state index in [-0.39, 0.29) is 0 Å². The number of carbonyl (C=O) groups excluding carboxylic acids is 2. The van der Waals surface area contributed by atoms with Gasteiger partial charge in [0.05, 0.1) is 16.5 Å². The summed E-state index contributed by atoms with van der Waals surface area (Å²) in [5.74, 6) is 0.407. The molecular weight excluding hydrogens is 526 g/mol. The summed E-state index contributed by atoms with van der Waals surface area (Å²) in [5, 5.41) is 8.93. The fourth-order valence-corrected chi connectivity index (χ4v) is 5.21. The Morgan fingerprint density at radius 2 is 1.43 bits per heavy atom. The Kier molecular flexibility index (Phi) is 9.09. The lowest BCUT2D eigenvalue weighted by Crippen LogP contribution is -2.28. The van der Waals surface area contributed by atoms with Gasteiger partial charge in [-0.15, -0.1) is 0 Å². The first-order valence-electron chi connectivity index (χ1n) is 14.7. The van der Waals surface area contributed by atoms with Crippen molar-refractivity contribution in [1.82, 2.24) is 0 Å². The van der Waals surface area contributed by atoms with Crippen molar-refractivity contribution < 1.29 is 24.0 Å². The van der Waals surface area contributed by atoms with Crippen LogP contribution in [0.3, 0.4) is 0 Å². The monoisotopic (exact) mass is 570 g/mol. The number of hydrogen-bond donors (Lipinski definition) is 2. The first-order valence-corrected chi connectivity index (χ1v) is 14.7. The maximum atomic E-state index is 12.9. The van der Waals surface area contributed by atoms with Gasteiger partial charge in [-0.2, -0.15) is 0 Å². The Labute approximate surface area is 249 Å². The molecule has 42 heavy (non-hydrogen) atoms. The van der Waals surface area contributed by atoms with Crippen molar-refractivity contribution in [2.75, 3.05) is 10.6 Å². The molecule has 1 aromatic heterocycles. The second-order valence-corrected chi connectivity index (χ2v) is 13.0. The summed E-state index contributed by atoms with van der Waals surface area (Å²) in [6.45, 7) is 15.5. The van der Waals surface area contributed by atoms with E-state index in [0.717, 1.165) is 63.4 Å². The number of anilines is 2. The van der Waals surface area contributed by atoms with Crippen molar-refractivity contribution in [3.05, 3.63) is 66.2 Å². The Morgan fingerprint density at radius 3 is 2.05 bits per heavy atom. The first-order chi connectivity index (χ1) is 19.7. The van der Waals surface area contributed by atoms with Gasteiger partial charge in [0.25, 0.3) is 0 Å². The van der Waals surface area contributed by atoms with Crippen LogP contribution in [0.4, 0.5) is 21.0 Å². The summed E-state index contributed by atoms with van der Waals surface area (Å²) in [6, 6.07) is 20.0. The van der Waals surface area contributed by atoms with E-state index in [9.17, 15) is 9.59 Å². The molecule has 0 spiro atoms. The average Bonchev–Trinajstić information content (AvgIpc) is 2.87. The Morgan fingerprint density at radius 1 is 0.810 bits per heavy atom. The maximum absolute atomic E-state index is 12.9. The largest absolute Gasteiger partial charge is 0.444 e. The molecule has 7 heteroatoms. The summed E-state index contributed by atoms with van der Waals surface area (Å²) < 4.78 is 11.1. The molecule has 0 radical (unpaired) electrons. The first kappa shape index (κ1) is 30.8. The number of pyridine rings is 1. The van der Waals surface area contributed by atoms with E-state index < -0.39 is 23.4 Å². The van der Waals surface area contributed by atoms with Crippen LogP contribution in [0, 0.1) is 5.92 Å². The minimum Gasteiger partial charge on any atom is -0.444 e. The number of benzene rings is 3. The number of carbonyl (C=O) groups is 2. The highest BCUT2D eigenvalue weighted by Crippen LogP contribution is 2.36. The summed E-state index contributed by atoms with van der Waals surface area (Å²) >= 11 is 0. The van der Waals surface area contributed by atoms with Crippen LogP contribution in [-0.2, 0) is 15.9 Å². The number of aromatic nitrogens is 1. The molecule has 2 amide bonds. The molecule has 1 atom stereocenters. The van der Waals surface area contributed by atoms with Gasteiger partial charge in [-0.05, 0) is 90.3 Å². The van der Waals surface area contributed by atoms with Crippen molar-refractivity contribution >= 4 is 45.2 Å². The molecule has 4 rings (SSSR count). The second-order valence-electron chi connectivity index (χ2n) is 13.0. The molecule has 0 saturated heterocycles. The quantitative estimate of drug-likeness (QED) is 0.217. The van der Waals surface area contributed by atoms with Crippen LogP contribution in [-0.4, -0.2) is 23.4 Å². The van der Waals surface area contributed by atoms with E-state index >= 15 is 0 Å². The van der Waals surface area contributed by atoms with Crippen molar-refractivity contribution in [1.29, 1.82) is 0 Å². The van der Waals surface area contributed by atoms with Gasteiger partial charge in [0.1, 0.15) is 11.2 Å². The number of aromatic amines is 1. The minimum atomic E-state index is -0.607. The smallest absolute Gasteiger partial charge is 0.412 e. The third-order valence-electron chi connectivity index (χ3n) is 6.82. The molecule has 7 nitrogen and oxygen atoms in total. The van der Waals surface area contributed by atoms with E-state index in [0.29, 0.717) is 11.6 Å². The van der Waals surface area contributed by atoms with Crippen LogP contribution in [0.25, 0.3) is 32.9 Å². The number of H-pyrrole nitrogens is 1. The van der Waals surface area contributed by atoms with Crippen molar-refractivity contribution in [2.45, 2.75) is 85.9 Å². The summed E-state index contributed by atoms with van der Waals surface area (Å²) in [6.07, 6.45) is 1.95. The van der Waals surface area contributed by atoms with Gasteiger partial charge < -0.3 is 9.47 Å². The van der Waals surface area contributed by atoms with Gasteiger partial charge in [-0.1, -0.05) is 51.0 Å². The lowest BCUT2D eigenvalue weighted by Gasteiger charge is -2.21. The van der Waals surface area contributed by atoms with Crippen molar-refractivity contribution in [3.63, 3.8) is 0 Å². The normalized spacial score (nSPS) is 12.7. The molecular formula is C35H44N3O4+. The van der Waals surface area contributed by atoms with Crippen LogP contribution in [0.15, 0.2) is 60.7 Å². The summed E-state index contributed by atoms with van der Waals surface area (Å²) in [4.78, 5) is 29.2. The number of amides is 2. The number of nitrogens with one attached hydrogen (secondary N) is 3. The lowest BCUT2D eigenvalue weighted by molar-refractivity contribution is -0.329. The molecule has 222 valence electrons. The number of fused-ring (bicyclic) bond motifs is 3. The van der Waals surface area contributed by atoms with E-state index in [2.05, 4.69) is 41.6 Å². The molecule has 0 fully saturated rings. The summed E-state index contributed by atoms with van der Waals surface area (Å²) in [5.41, 5.74) is 4.10. The molecule has 3 aromatic carbocycles. The van der Waals surface area contributed by atoms with Crippen LogP contribution in [0.2, 0.25) is 0 Å².